The summed E-state index contributed by atoms with van der Waals surface area (Å²) in [7, 11) is 0. The lowest BCUT2D eigenvalue weighted by atomic mass is 9.99. The molecule has 18 heavy (non-hydrogen) atoms. The van der Waals surface area contributed by atoms with Crippen LogP contribution in [0.2, 0.25) is 0 Å². The summed E-state index contributed by atoms with van der Waals surface area (Å²) in [6.07, 6.45) is 0.583. The standard InChI is InChI=1S/C15H22N2O/c1-4-17-10-13-9-12(11(2)3)5-6-14(13)16-8-7-15(17)18/h5-6,9,11,16H,4,7-8,10H2,1-3H3. The average Bonchev–Trinajstić information content (AvgIpc) is 2.34. The molecule has 0 saturated carbocycles. The molecule has 1 amide bonds. The molecule has 1 aromatic rings. The Morgan fingerprint density at radius 1 is 1.39 bits per heavy atom. The molecular formula is C15H22N2O. The third-order valence-corrected chi connectivity index (χ3v) is 3.55. The molecule has 0 saturated heterocycles. The molecule has 0 aromatic heterocycles. The van der Waals surface area contributed by atoms with Crippen molar-refractivity contribution in [3.63, 3.8) is 0 Å². The smallest absolute Gasteiger partial charge is 0.224 e. The van der Waals surface area contributed by atoms with Crippen molar-refractivity contribution in [1.29, 1.82) is 0 Å². The van der Waals surface area contributed by atoms with E-state index in [1.807, 2.05) is 11.8 Å². The van der Waals surface area contributed by atoms with Gasteiger partial charge in [-0.1, -0.05) is 26.0 Å². The van der Waals surface area contributed by atoms with E-state index in [4.69, 9.17) is 0 Å². The van der Waals surface area contributed by atoms with Gasteiger partial charge in [-0.15, -0.1) is 0 Å². The zero-order valence-corrected chi connectivity index (χ0v) is 11.5. The molecule has 1 aromatic carbocycles. The summed E-state index contributed by atoms with van der Waals surface area (Å²) in [5.74, 6) is 0.761. The molecule has 0 spiro atoms. The highest BCUT2D eigenvalue weighted by Gasteiger charge is 2.17. The topological polar surface area (TPSA) is 32.3 Å². The van der Waals surface area contributed by atoms with Crippen LogP contribution >= 0.6 is 0 Å². The van der Waals surface area contributed by atoms with Gasteiger partial charge in [0.1, 0.15) is 0 Å². The lowest BCUT2D eigenvalue weighted by molar-refractivity contribution is -0.131. The van der Waals surface area contributed by atoms with Gasteiger partial charge in [-0.25, -0.2) is 0 Å². The lowest BCUT2D eigenvalue weighted by Crippen LogP contribution is -2.33. The number of rotatable bonds is 2. The highest BCUT2D eigenvalue weighted by Crippen LogP contribution is 2.25. The maximum atomic E-state index is 11.9. The quantitative estimate of drug-likeness (QED) is 0.870. The second kappa shape index (κ2) is 5.42. The molecule has 1 aliphatic heterocycles. The van der Waals surface area contributed by atoms with Crippen LogP contribution in [0.3, 0.4) is 0 Å². The van der Waals surface area contributed by atoms with Gasteiger partial charge >= 0.3 is 0 Å². The Morgan fingerprint density at radius 3 is 2.83 bits per heavy atom. The van der Waals surface area contributed by atoms with Gasteiger partial charge in [-0.2, -0.15) is 0 Å². The van der Waals surface area contributed by atoms with Crippen molar-refractivity contribution >= 4 is 11.6 Å². The fourth-order valence-electron chi connectivity index (χ4n) is 2.32. The van der Waals surface area contributed by atoms with Crippen LogP contribution in [-0.4, -0.2) is 23.9 Å². The summed E-state index contributed by atoms with van der Waals surface area (Å²) in [5.41, 5.74) is 3.74. The minimum atomic E-state index is 0.241. The molecule has 0 unspecified atom stereocenters. The average molecular weight is 246 g/mol. The van der Waals surface area contributed by atoms with Gasteiger partial charge in [-0.05, 0) is 30.0 Å². The van der Waals surface area contributed by atoms with E-state index in [2.05, 4.69) is 37.4 Å². The maximum Gasteiger partial charge on any atom is 0.224 e. The van der Waals surface area contributed by atoms with Crippen molar-refractivity contribution < 1.29 is 4.79 Å². The Morgan fingerprint density at radius 2 is 2.17 bits per heavy atom. The van der Waals surface area contributed by atoms with Crippen LogP contribution in [0.5, 0.6) is 0 Å². The van der Waals surface area contributed by atoms with Gasteiger partial charge in [-0.3, -0.25) is 4.79 Å². The second-order valence-electron chi connectivity index (χ2n) is 5.16. The monoisotopic (exact) mass is 246 g/mol. The van der Waals surface area contributed by atoms with Crippen LogP contribution in [0, 0.1) is 0 Å². The van der Waals surface area contributed by atoms with E-state index in [0.29, 0.717) is 12.3 Å². The summed E-state index contributed by atoms with van der Waals surface area (Å²) in [6.45, 7) is 8.66. The number of carbonyl (C=O) groups is 1. The van der Waals surface area contributed by atoms with Crippen molar-refractivity contribution in [1.82, 2.24) is 4.90 Å². The Kier molecular flexibility index (Phi) is 3.90. The normalized spacial score (nSPS) is 16.0. The Balaban J connectivity index is 2.33. The molecule has 1 aliphatic rings. The van der Waals surface area contributed by atoms with E-state index >= 15 is 0 Å². The van der Waals surface area contributed by atoms with Gasteiger partial charge < -0.3 is 10.2 Å². The van der Waals surface area contributed by atoms with E-state index in [1.165, 1.54) is 16.8 Å². The van der Waals surface area contributed by atoms with Gasteiger partial charge in [0, 0.05) is 31.7 Å². The number of hydrogen-bond acceptors (Lipinski definition) is 2. The fourth-order valence-corrected chi connectivity index (χ4v) is 2.32. The van der Waals surface area contributed by atoms with Crippen LogP contribution in [0.4, 0.5) is 5.69 Å². The minimum Gasteiger partial charge on any atom is -0.384 e. The SMILES string of the molecule is CCN1Cc2cc(C(C)C)ccc2NCCC1=O. The van der Waals surface area contributed by atoms with E-state index < -0.39 is 0 Å². The summed E-state index contributed by atoms with van der Waals surface area (Å²) < 4.78 is 0. The van der Waals surface area contributed by atoms with Crippen molar-refractivity contribution in [3.8, 4) is 0 Å². The van der Waals surface area contributed by atoms with Crippen molar-refractivity contribution in [2.75, 3.05) is 18.4 Å². The van der Waals surface area contributed by atoms with E-state index in [9.17, 15) is 4.79 Å². The number of anilines is 1. The van der Waals surface area contributed by atoms with Crippen LogP contribution in [0.25, 0.3) is 0 Å². The number of nitrogens with zero attached hydrogens (tertiary/aromatic N) is 1. The Bertz CT molecular complexity index is 440. The first-order chi connectivity index (χ1) is 8.61. The Hall–Kier alpha value is -1.51. The highest BCUT2D eigenvalue weighted by atomic mass is 16.2. The van der Waals surface area contributed by atoms with Gasteiger partial charge in [0.2, 0.25) is 5.91 Å². The molecule has 2 rings (SSSR count). The van der Waals surface area contributed by atoms with Crippen LogP contribution in [0.1, 0.15) is 44.2 Å². The number of nitrogens with one attached hydrogen (secondary N) is 1. The van der Waals surface area contributed by atoms with E-state index in [-0.39, 0.29) is 5.91 Å². The predicted molar refractivity (Wildman–Crippen MR) is 74.7 cm³/mol. The van der Waals surface area contributed by atoms with Gasteiger partial charge in [0.15, 0.2) is 0 Å². The summed E-state index contributed by atoms with van der Waals surface area (Å²) >= 11 is 0. The third-order valence-electron chi connectivity index (χ3n) is 3.55. The molecule has 0 aliphatic carbocycles. The van der Waals surface area contributed by atoms with E-state index in [1.54, 1.807) is 0 Å². The number of fused-ring (bicyclic) bond motifs is 1. The van der Waals surface area contributed by atoms with Gasteiger partial charge in [0.05, 0.1) is 0 Å². The lowest BCUT2D eigenvalue weighted by Gasteiger charge is -2.26. The van der Waals surface area contributed by atoms with Gasteiger partial charge in [0.25, 0.3) is 0 Å². The zero-order valence-electron chi connectivity index (χ0n) is 11.5. The molecule has 98 valence electrons. The number of amides is 1. The zero-order chi connectivity index (χ0) is 13.1. The number of benzene rings is 1. The molecule has 0 fully saturated rings. The maximum absolute atomic E-state index is 11.9. The predicted octanol–water partition coefficient (Wildman–Crippen LogP) is 2.97. The first-order valence-electron chi connectivity index (χ1n) is 6.76. The fraction of sp³-hybridized carbons (Fsp3) is 0.533. The first kappa shape index (κ1) is 12.9. The minimum absolute atomic E-state index is 0.241. The van der Waals surface area contributed by atoms with Crippen LogP contribution < -0.4 is 5.32 Å². The molecule has 3 nitrogen and oxygen atoms in total. The summed E-state index contributed by atoms with van der Waals surface area (Å²) in [4.78, 5) is 13.8. The molecule has 0 radical (unpaired) electrons. The molecule has 3 heteroatoms. The highest BCUT2D eigenvalue weighted by molar-refractivity contribution is 5.77. The molecular weight excluding hydrogens is 224 g/mol. The van der Waals surface area contributed by atoms with Crippen LogP contribution in [-0.2, 0) is 11.3 Å². The van der Waals surface area contributed by atoms with Crippen molar-refractivity contribution in [2.24, 2.45) is 0 Å². The molecule has 0 bridgehead atoms. The third kappa shape index (κ3) is 2.66. The largest absolute Gasteiger partial charge is 0.384 e. The summed E-state index contributed by atoms with van der Waals surface area (Å²) in [5, 5.41) is 3.36. The first-order valence-corrected chi connectivity index (χ1v) is 6.76. The molecule has 0 atom stereocenters. The summed E-state index contributed by atoms with van der Waals surface area (Å²) in [6, 6.07) is 6.55. The number of hydrogen-bond donors (Lipinski definition) is 1. The van der Waals surface area contributed by atoms with Crippen molar-refractivity contribution in [3.05, 3.63) is 29.3 Å². The number of carbonyl (C=O) groups excluding carboxylic acids is 1. The van der Waals surface area contributed by atoms with Crippen molar-refractivity contribution in [2.45, 2.75) is 39.7 Å². The molecule has 1 heterocycles. The molecule has 1 N–H and O–H groups in total. The van der Waals surface area contributed by atoms with E-state index in [0.717, 1.165) is 19.6 Å². The Labute approximate surface area is 109 Å². The van der Waals surface area contributed by atoms with Crippen LogP contribution in [0.15, 0.2) is 18.2 Å². The second-order valence-corrected chi connectivity index (χ2v) is 5.16.